The van der Waals surface area contributed by atoms with E-state index < -0.39 is 23.8 Å². The first-order valence-electron chi connectivity index (χ1n) is 8.54. The molecule has 2 heterocycles. The minimum absolute atomic E-state index is 0.0598. The Morgan fingerprint density at radius 3 is 2.92 bits per heavy atom. The normalized spacial score (nSPS) is 30.6. The molecule has 1 amide bonds. The number of carbonyl (C=O) groups is 1. The summed E-state index contributed by atoms with van der Waals surface area (Å²) in [6, 6.07) is 2.63. The van der Waals surface area contributed by atoms with Crippen molar-refractivity contribution in [3.8, 4) is 0 Å². The molecule has 0 bridgehead atoms. The average Bonchev–Trinajstić information content (AvgIpc) is 2.98. The lowest BCUT2D eigenvalue weighted by Gasteiger charge is -2.33. The number of halogens is 2. The Morgan fingerprint density at radius 1 is 1.38 bits per heavy atom. The predicted molar refractivity (Wildman–Crippen MR) is 84.2 cm³/mol. The first-order chi connectivity index (χ1) is 11.5. The number of β-amino-alcohol motifs (C(OH)–C–C–N with tert-alkyl or cyclic N) is 1. The second kappa shape index (κ2) is 7.15. The van der Waals surface area contributed by atoms with E-state index in [1.807, 2.05) is 6.92 Å². The Morgan fingerprint density at radius 2 is 2.17 bits per heavy atom. The average molecular weight is 339 g/mol. The van der Waals surface area contributed by atoms with Crippen LogP contribution in [0.1, 0.15) is 44.2 Å². The van der Waals surface area contributed by atoms with Gasteiger partial charge in [-0.25, -0.2) is 8.78 Å². The van der Waals surface area contributed by atoms with E-state index in [-0.39, 0.29) is 36.5 Å². The molecule has 1 aromatic rings. The maximum atomic E-state index is 14.1. The van der Waals surface area contributed by atoms with E-state index in [9.17, 15) is 18.7 Å². The number of rotatable bonds is 3. The summed E-state index contributed by atoms with van der Waals surface area (Å²) in [4.78, 5) is 14.4. The number of amides is 1. The smallest absolute Gasteiger partial charge is 0.226 e. The number of benzene rings is 1. The highest BCUT2D eigenvalue weighted by atomic mass is 19.1. The molecule has 4 nitrogen and oxygen atoms in total. The van der Waals surface area contributed by atoms with Gasteiger partial charge in [0.1, 0.15) is 11.6 Å². The highest BCUT2D eigenvalue weighted by Gasteiger charge is 2.40. The third-order valence-electron chi connectivity index (χ3n) is 5.05. The van der Waals surface area contributed by atoms with Crippen LogP contribution in [-0.2, 0) is 9.53 Å². The zero-order valence-corrected chi connectivity index (χ0v) is 13.8. The molecule has 6 heteroatoms. The highest BCUT2D eigenvalue weighted by Crippen LogP contribution is 2.36. The molecule has 0 radical (unpaired) electrons. The minimum Gasteiger partial charge on any atom is -0.391 e. The second-order valence-corrected chi connectivity index (χ2v) is 6.68. The summed E-state index contributed by atoms with van der Waals surface area (Å²) >= 11 is 0. The fourth-order valence-corrected chi connectivity index (χ4v) is 3.75. The van der Waals surface area contributed by atoms with Crippen molar-refractivity contribution in [2.75, 3.05) is 13.2 Å². The lowest BCUT2D eigenvalue weighted by molar-refractivity contribution is -0.142. The topological polar surface area (TPSA) is 49.8 Å². The molecule has 1 N–H and O–H groups in total. The standard InChI is InChI=1S/C18H23F2NO3/c1-2-14-7-11(5-6-24-14)18(23)21-10-13(22)9-17(21)15-8-12(19)3-4-16(15)20/h3-4,8,11,13-14,17,22H,2,5-7,9-10H2,1H3/t11-,13-,14-,17-/m1/s1. The number of likely N-dealkylation sites (tertiary alicyclic amines) is 1. The molecule has 0 aliphatic carbocycles. The first-order valence-corrected chi connectivity index (χ1v) is 8.54. The van der Waals surface area contributed by atoms with Gasteiger partial charge in [0.2, 0.25) is 5.91 Å². The van der Waals surface area contributed by atoms with Crippen LogP contribution in [0.25, 0.3) is 0 Å². The van der Waals surface area contributed by atoms with E-state index in [1.165, 1.54) is 4.90 Å². The number of aliphatic hydroxyl groups is 1. The van der Waals surface area contributed by atoms with Gasteiger partial charge in [-0.2, -0.15) is 0 Å². The van der Waals surface area contributed by atoms with Crippen LogP contribution in [0.3, 0.4) is 0 Å². The van der Waals surface area contributed by atoms with Crippen LogP contribution < -0.4 is 0 Å². The predicted octanol–water partition coefficient (Wildman–Crippen LogP) is 2.80. The van der Waals surface area contributed by atoms with Gasteiger partial charge in [-0.05, 0) is 43.9 Å². The zero-order valence-electron chi connectivity index (χ0n) is 13.8. The number of aliphatic hydroxyl groups excluding tert-OH is 1. The van der Waals surface area contributed by atoms with Gasteiger partial charge in [-0.3, -0.25) is 4.79 Å². The van der Waals surface area contributed by atoms with Crippen molar-refractivity contribution in [3.05, 3.63) is 35.4 Å². The summed E-state index contributed by atoms with van der Waals surface area (Å²) in [6.45, 7) is 2.71. The van der Waals surface area contributed by atoms with Crippen molar-refractivity contribution in [1.82, 2.24) is 4.90 Å². The number of carbonyl (C=O) groups excluding carboxylic acids is 1. The molecule has 0 aromatic heterocycles. The monoisotopic (exact) mass is 339 g/mol. The Hall–Kier alpha value is -1.53. The number of hydrogen-bond donors (Lipinski definition) is 1. The van der Waals surface area contributed by atoms with Gasteiger partial charge in [0.05, 0.1) is 18.2 Å². The third kappa shape index (κ3) is 3.44. The minimum atomic E-state index is -0.719. The lowest BCUT2D eigenvalue weighted by atomic mass is 9.92. The Bertz CT molecular complexity index is 610. The van der Waals surface area contributed by atoms with Gasteiger partial charge in [-0.15, -0.1) is 0 Å². The molecular formula is C18H23F2NO3. The maximum absolute atomic E-state index is 14.1. The summed E-state index contributed by atoms with van der Waals surface area (Å²) in [6.07, 6.45) is 1.68. The Labute approximate surface area is 140 Å². The van der Waals surface area contributed by atoms with Crippen LogP contribution in [0.2, 0.25) is 0 Å². The molecule has 2 saturated heterocycles. The lowest BCUT2D eigenvalue weighted by Crippen LogP contribution is -2.40. The third-order valence-corrected chi connectivity index (χ3v) is 5.05. The Balaban J connectivity index is 1.82. The molecule has 2 fully saturated rings. The van der Waals surface area contributed by atoms with Crippen molar-refractivity contribution in [3.63, 3.8) is 0 Å². The van der Waals surface area contributed by atoms with E-state index in [4.69, 9.17) is 4.74 Å². The van der Waals surface area contributed by atoms with Gasteiger partial charge in [0.25, 0.3) is 0 Å². The SMILES string of the molecule is CC[C@@H]1C[C@H](C(=O)N2C[C@H](O)C[C@@H]2c2cc(F)ccc2F)CCO1. The molecule has 132 valence electrons. The largest absolute Gasteiger partial charge is 0.391 e. The second-order valence-electron chi connectivity index (χ2n) is 6.68. The van der Waals surface area contributed by atoms with Crippen molar-refractivity contribution >= 4 is 5.91 Å². The Kier molecular flexibility index (Phi) is 5.15. The van der Waals surface area contributed by atoms with E-state index in [2.05, 4.69) is 0 Å². The van der Waals surface area contributed by atoms with E-state index in [0.29, 0.717) is 19.4 Å². The zero-order chi connectivity index (χ0) is 17.3. The maximum Gasteiger partial charge on any atom is 0.226 e. The molecular weight excluding hydrogens is 316 g/mol. The molecule has 3 rings (SSSR count). The van der Waals surface area contributed by atoms with Crippen molar-refractivity contribution in [1.29, 1.82) is 0 Å². The van der Waals surface area contributed by atoms with Gasteiger partial charge >= 0.3 is 0 Å². The van der Waals surface area contributed by atoms with Crippen molar-refractivity contribution < 1.29 is 23.4 Å². The molecule has 0 unspecified atom stereocenters. The van der Waals surface area contributed by atoms with Crippen LogP contribution in [0.5, 0.6) is 0 Å². The summed E-state index contributed by atoms with van der Waals surface area (Å²) in [5.41, 5.74) is 0.138. The molecule has 2 aliphatic heterocycles. The van der Waals surface area contributed by atoms with Gasteiger partial charge in [0.15, 0.2) is 0 Å². The van der Waals surface area contributed by atoms with Gasteiger partial charge < -0.3 is 14.7 Å². The van der Waals surface area contributed by atoms with Crippen LogP contribution in [-0.4, -0.2) is 41.3 Å². The molecule has 24 heavy (non-hydrogen) atoms. The van der Waals surface area contributed by atoms with Crippen LogP contribution >= 0.6 is 0 Å². The molecule has 4 atom stereocenters. The van der Waals surface area contributed by atoms with Crippen LogP contribution in [0.15, 0.2) is 18.2 Å². The molecule has 0 spiro atoms. The molecule has 1 aromatic carbocycles. The number of nitrogens with zero attached hydrogens (tertiary/aromatic N) is 1. The summed E-state index contributed by atoms with van der Waals surface area (Å²) in [5, 5.41) is 10.0. The van der Waals surface area contributed by atoms with E-state index >= 15 is 0 Å². The molecule has 0 saturated carbocycles. The first kappa shape index (κ1) is 17.3. The summed E-state index contributed by atoms with van der Waals surface area (Å²) in [7, 11) is 0. The van der Waals surface area contributed by atoms with E-state index in [1.54, 1.807) is 0 Å². The number of hydrogen-bond acceptors (Lipinski definition) is 3. The van der Waals surface area contributed by atoms with Gasteiger partial charge in [-0.1, -0.05) is 6.92 Å². The number of ether oxygens (including phenoxy) is 1. The van der Waals surface area contributed by atoms with Crippen molar-refractivity contribution in [2.45, 2.75) is 50.9 Å². The molecule has 2 aliphatic rings. The van der Waals surface area contributed by atoms with Crippen LogP contribution in [0.4, 0.5) is 8.78 Å². The quantitative estimate of drug-likeness (QED) is 0.921. The van der Waals surface area contributed by atoms with Crippen molar-refractivity contribution in [2.24, 2.45) is 5.92 Å². The van der Waals surface area contributed by atoms with Gasteiger partial charge in [0, 0.05) is 24.6 Å². The summed E-state index contributed by atoms with van der Waals surface area (Å²) in [5.74, 6) is -1.38. The highest BCUT2D eigenvalue weighted by molar-refractivity contribution is 5.80. The fraction of sp³-hybridized carbons (Fsp3) is 0.611. The van der Waals surface area contributed by atoms with Crippen LogP contribution in [0, 0.1) is 17.6 Å². The summed E-state index contributed by atoms with van der Waals surface area (Å²) < 4.78 is 33.3. The van der Waals surface area contributed by atoms with E-state index in [0.717, 1.165) is 24.6 Å². The fourth-order valence-electron chi connectivity index (χ4n) is 3.75.